The normalized spacial score (nSPS) is 34.4. The Bertz CT molecular complexity index is 716. The van der Waals surface area contributed by atoms with Gasteiger partial charge in [0.15, 0.2) is 0 Å². The summed E-state index contributed by atoms with van der Waals surface area (Å²) in [5, 5.41) is 3.22. The molecule has 0 spiro atoms. The van der Waals surface area contributed by atoms with E-state index in [-0.39, 0.29) is 22.8 Å². The van der Waals surface area contributed by atoms with Crippen molar-refractivity contribution < 1.29 is 14.3 Å². The van der Waals surface area contributed by atoms with Crippen molar-refractivity contribution in [2.24, 2.45) is 17.3 Å². The molecule has 26 heavy (non-hydrogen) atoms. The molecule has 0 saturated heterocycles. The Morgan fingerprint density at radius 2 is 1.92 bits per heavy atom. The van der Waals surface area contributed by atoms with Crippen LogP contribution in [0.4, 0.5) is 5.69 Å². The predicted molar refractivity (Wildman–Crippen MR) is 97.9 cm³/mol. The third-order valence-electron chi connectivity index (χ3n) is 6.58. The van der Waals surface area contributed by atoms with Crippen LogP contribution < -0.4 is 15.0 Å². The SMILES string of the molecule is COc1ccc(N(C)C(=O)C23CC4CC(CC(NC(C)=O)(C4)C2)C3)cn1. The Kier molecular flexibility index (Phi) is 3.97. The molecule has 6 nitrogen and oxygen atoms in total. The third-order valence-corrected chi connectivity index (χ3v) is 6.58. The van der Waals surface area contributed by atoms with Crippen LogP contribution in [0.25, 0.3) is 0 Å². The number of aromatic nitrogens is 1. The highest BCUT2D eigenvalue weighted by Crippen LogP contribution is 2.62. The zero-order valence-electron chi connectivity index (χ0n) is 15.7. The minimum Gasteiger partial charge on any atom is -0.481 e. The van der Waals surface area contributed by atoms with Gasteiger partial charge in [-0.2, -0.15) is 0 Å². The molecule has 4 saturated carbocycles. The first-order valence-corrected chi connectivity index (χ1v) is 9.42. The van der Waals surface area contributed by atoms with E-state index in [2.05, 4.69) is 10.3 Å². The van der Waals surface area contributed by atoms with Crippen molar-refractivity contribution in [1.29, 1.82) is 0 Å². The molecule has 4 bridgehead atoms. The molecule has 1 heterocycles. The number of ether oxygens (including phenoxy) is 1. The third kappa shape index (κ3) is 2.75. The van der Waals surface area contributed by atoms with E-state index in [1.54, 1.807) is 31.2 Å². The molecular formula is C20H27N3O3. The molecule has 4 aliphatic carbocycles. The second-order valence-electron chi connectivity index (χ2n) is 8.63. The first kappa shape index (κ1) is 17.3. The second-order valence-corrected chi connectivity index (χ2v) is 8.63. The predicted octanol–water partition coefficient (Wildman–Crippen LogP) is 2.53. The van der Waals surface area contributed by atoms with Crippen LogP contribution in [0.5, 0.6) is 5.88 Å². The first-order valence-electron chi connectivity index (χ1n) is 9.42. The smallest absolute Gasteiger partial charge is 0.233 e. The number of nitrogens with one attached hydrogen (secondary N) is 1. The zero-order chi connectivity index (χ0) is 18.5. The number of anilines is 1. The van der Waals surface area contributed by atoms with Gasteiger partial charge in [0.25, 0.3) is 0 Å². The Morgan fingerprint density at radius 3 is 2.46 bits per heavy atom. The quantitative estimate of drug-likeness (QED) is 0.899. The minimum absolute atomic E-state index is 0.0160. The van der Waals surface area contributed by atoms with Gasteiger partial charge in [-0.15, -0.1) is 0 Å². The number of hydrogen-bond donors (Lipinski definition) is 1. The maximum atomic E-state index is 13.5. The number of carbonyl (C=O) groups excluding carboxylic acids is 2. The molecule has 0 aromatic carbocycles. The van der Waals surface area contributed by atoms with Crippen LogP contribution in [-0.4, -0.2) is 36.5 Å². The van der Waals surface area contributed by atoms with Crippen LogP contribution in [-0.2, 0) is 9.59 Å². The number of methoxy groups -OCH3 is 1. The van der Waals surface area contributed by atoms with Crippen LogP contribution >= 0.6 is 0 Å². The van der Waals surface area contributed by atoms with Gasteiger partial charge in [0.05, 0.1) is 24.4 Å². The van der Waals surface area contributed by atoms with Crippen molar-refractivity contribution in [3.8, 4) is 5.88 Å². The maximum Gasteiger partial charge on any atom is 0.233 e. The number of amides is 2. The summed E-state index contributed by atoms with van der Waals surface area (Å²) in [6.45, 7) is 1.59. The molecule has 2 amide bonds. The summed E-state index contributed by atoms with van der Waals surface area (Å²) in [6, 6.07) is 3.64. The highest BCUT2D eigenvalue weighted by molar-refractivity contribution is 5.97. The molecule has 1 N–H and O–H groups in total. The van der Waals surface area contributed by atoms with Gasteiger partial charge >= 0.3 is 0 Å². The summed E-state index contributed by atoms with van der Waals surface area (Å²) in [6.07, 6.45) is 7.57. The van der Waals surface area contributed by atoms with Crippen molar-refractivity contribution in [3.05, 3.63) is 18.3 Å². The molecule has 0 aliphatic heterocycles. The number of hydrogen-bond acceptors (Lipinski definition) is 4. The van der Waals surface area contributed by atoms with Gasteiger partial charge < -0.3 is 15.0 Å². The lowest BCUT2D eigenvalue weighted by Gasteiger charge is -2.61. The van der Waals surface area contributed by atoms with Crippen molar-refractivity contribution in [3.63, 3.8) is 0 Å². The summed E-state index contributed by atoms with van der Waals surface area (Å²) < 4.78 is 5.11. The first-order chi connectivity index (χ1) is 12.3. The Balaban J connectivity index is 1.61. The summed E-state index contributed by atoms with van der Waals surface area (Å²) in [7, 11) is 3.41. The molecule has 2 atom stereocenters. The van der Waals surface area contributed by atoms with Gasteiger partial charge in [-0.3, -0.25) is 9.59 Å². The van der Waals surface area contributed by atoms with Crippen LogP contribution in [0.2, 0.25) is 0 Å². The number of pyridine rings is 1. The van der Waals surface area contributed by atoms with Gasteiger partial charge in [0.2, 0.25) is 17.7 Å². The molecule has 1 aromatic rings. The van der Waals surface area contributed by atoms with E-state index in [1.807, 2.05) is 13.1 Å². The van der Waals surface area contributed by atoms with Crippen LogP contribution in [0.15, 0.2) is 18.3 Å². The minimum atomic E-state index is -0.360. The van der Waals surface area contributed by atoms with E-state index in [4.69, 9.17) is 4.74 Å². The fourth-order valence-corrected chi connectivity index (χ4v) is 6.20. The Labute approximate surface area is 154 Å². The molecule has 0 radical (unpaired) electrons. The molecule has 4 aliphatic rings. The molecule has 6 heteroatoms. The second kappa shape index (κ2) is 5.96. The average Bonchev–Trinajstić information content (AvgIpc) is 2.58. The van der Waals surface area contributed by atoms with Gasteiger partial charge in [-0.25, -0.2) is 4.98 Å². The Morgan fingerprint density at radius 1 is 1.23 bits per heavy atom. The van der Waals surface area contributed by atoms with E-state index in [9.17, 15) is 9.59 Å². The van der Waals surface area contributed by atoms with E-state index < -0.39 is 0 Å². The molecule has 1 aromatic heterocycles. The van der Waals surface area contributed by atoms with Crippen LogP contribution in [0, 0.1) is 17.3 Å². The van der Waals surface area contributed by atoms with Crippen molar-refractivity contribution in [1.82, 2.24) is 10.3 Å². The molecule has 5 rings (SSSR count). The summed E-state index contributed by atoms with van der Waals surface area (Å²) in [5.41, 5.74) is 0.228. The number of rotatable bonds is 4. The lowest BCUT2D eigenvalue weighted by Crippen LogP contribution is -2.65. The highest BCUT2D eigenvalue weighted by atomic mass is 16.5. The average molecular weight is 357 g/mol. The van der Waals surface area contributed by atoms with E-state index in [0.717, 1.165) is 37.8 Å². The maximum absolute atomic E-state index is 13.5. The zero-order valence-corrected chi connectivity index (χ0v) is 15.7. The molecule has 140 valence electrons. The Hall–Kier alpha value is -2.11. The van der Waals surface area contributed by atoms with E-state index in [0.29, 0.717) is 17.7 Å². The van der Waals surface area contributed by atoms with Crippen molar-refractivity contribution in [2.75, 3.05) is 19.1 Å². The van der Waals surface area contributed by atoms with E-state index >= 15 is 0 Å². The lowest BCUT2D eigenvalue weighted by atomic mass is 9.46. The van der Waals surface area contributed by atoms with Crippen LogP contribution in [0.1, 0.15) is 45.4 Å². The van der Waals surface area contributed by atoms with Gasteiger partial charge in [-0.1, -0.05) is 0 Å². The van der Waals surface area contributed by atoms with Crippen molar-refractivity contribution in [2.45, 2.75) is 51.0 Å². The number of nitrogens with zero attached hydrogens (tertiary/aromatic N) is 2. The molecule has 4 fully saturated rings. The van der Waals surface area contributed by atoms with Gasteiger partial charge in [0.1, 0.15) is 0 Å². The van der Waals surface area contributed by atoms with Crippen molar-refractivity contribution >= 4 is 17.5 Å². The fraction of sp³-hybridized carbons (Fsp3) is 0.650. The standard InChI is InChI=1S/C20H27N3O3/c1-13(24)22-20-9-14-6-15(10-20)8-19(7-14,12-20)18(25)23(2)16-4-5-17(26-3)21-11-16/h4-5,11,14-15H,6-10,12H2,1-3H3,(H,22,24). The summed E-state index contributed by atoms with van der Waals surface area (Å²) in [4.78, 5) is 31.3. The van der Waals surface area contributed by atoms with E-state index in [1.165, 1.54) is 6.42 Å². The molecular weight excluding hydrogens is 330 g/mol. The summed E-state index contributed by atoms with van der Waals surface area (Å²) >= 11 is 0. The van der Waals surface area contributed by atoms with Gasteiger partial charge in [-0.05, 0) is 56.4 Å². The molecule has 2 unspecified atom stereocenters. The monoisotopic (exact) mass is 357 g/mol. The largest absolute Gasteiger partial charge is 0.481 e. The number of carbonyl (C=O) groups is 2. The van der Waals surface area contributed by atoms with Crippen LogP contribution in [0.3, 0.4) is 0 Å². The lowest BCUT2D eigenvalue weighted by molar-refractivity contribution is -0.150. The topological polar surface area (TPSA) is 71.5 Å². The highest BCUT2D eigenvalue weighted by Gasteiger charge is 2.61. The van der Waals surface area contributed by atoms with Gasteiger partial charge in [0, 0.05) is 25.6 Å². The summed E-state index contributed by atoms with van der Waals surface area (Å²) in [5.74, 6) is 1.79. The fourth-order valence-electron chi connectivity index (χ4n) is 6.20.